The zero-order chi connectivity index (χ0) is 17.2. The lowest BCUT2D eigenvalue weighted by atomic mass is 10.1. The highest BCUT2D eigenvalue weighted by Gasteiger charge is 2.17. The van der Waals surface area contributed by atoms with Crippen LogP contribution in [0.4, 0.5) is 0 Å². The van der Waals surface area contributed by atoms with Crippen LogP contribution < -0.4 is 5.32 Å². The third-order valence-electron chi connectivity index (χ3n) is 3.06. The molecule has 23 heavy (non-hydrogen) atoms. The third-order valence-corrected chi connectivity index (χ3v) is 3.31. The van der Waals surface area contributed by atoms with E-state index in [0.29, 0.717) is 18.1 Å². The van der Waals surface area contributed by atoms with Crippen molar-refractivity contribution in [3.63, 3.8) is 0 Å². The van der Waals surface area contributed by atoms with Crippen molar-refractivity contribution >= 4 is 29.4 Å². The molecule has 6 nitrogen and oxygen atoms in total. The molecule has 0 spiro atoms. The summed E-state index contributed by atoms with van der Waals surface area (Å²) in [4.78, 5) is 36.5. The van der Waals surface area contributed by atoms with Crippen molar-refractivity contribution in [1.29, 1.82) is 0 Å². The quantitative estimate of drug-likeness (QED) is 0.726. The number of nitrogens with one attached hydrogen (secondary N) is 1. The summed E-state index contributed by atoms with van der Waals surface area (Å²) in [5.41, 5.74) is 0.751. The van der Waals surface area contributed by atoms with Crippen LogP contribution in [0.25, 0.3) is 0 Å². The molecule has 0 bridgehead atoms. The van der Waals surface area contributed by atoms with Gasteiger partial charge in [-0.05, 0) is 31.5 Å². The second-order valence-corrected chi connectivity index (χ2v) is 5.26. The molecular weight excluding hydrogens is 320 g/mol. The first-order chi connectivity index (χ1) is 11.0. The van der Waals surface area contributed by atoms with Crippen molar-refractivity contribution in [2.75, 3.05) is 26.2 Å². The largest absolute Gasteiger partial charge is 0.455 e. The Morgan fingerprint density at radius 1 is 1.17 bits per heavy atom. The molecule has 0 aliphatic rings. The van der Waals surface area contributed by atoms with E-state index in [1.807, 2.05) is 0 Å². The fourth-order valence-electron chi connectivity index (χ4n) is 1.86. The summed E-state index contributed by atoms with van der Waals surface area (Å²) in [7, 11) is 0. The first-order valence-corrected chi connectivity index (χ1v) is 7.78. The van der Waals surface area contributed by atoms with Gasteiger partial charge in [-0.25, -0.2) is 0 Å². The smallest absolute Gasteiger partial charge is 0.310 e. The van der Waals surface area contributed by atoms with Gasteiger partial charge in [0.1, 0.15) is 0 Å². The number of ether oxygens (including phenoxy) is 1. The molecule has 1 aromatic rings. The molecule has 0 aromatic heterocycles. The molecule has 126 valence electrons. The Kier molecular flexibility index (Phi) is 8.11. The van der Waals surface area contributed by atoms with Crippen LogP contribution in [0.1, 0.15) is 19.4 Å². The number of rotatable bonds is 8. The average Bonchev–Trinajstić information content (AvgIpc) is 2.52. The number of hydrogen-bond donors (Lipinski definition) is 1. The van der Waals surface area contributed by atoms with Gasteiger partial charge in [0.2, 0.25) is 5.91 Å². The summed E-state index contributed by atoms with van der Waals surface area (Å²) in [6, 6.07) is 6.80. The molecule has 7 heteroatoms. The lowest BCUT2D eigenvalue weighted by molar-refractivity contribution is -0.152. The number of amides is 2. The number of carbonyl (C=O) groups excluding carboxylic acids is 3. The number of hydrogen-bond acceptors (Lipinski definition) is 4. The summed E-state index contributed by atoms with van der Waals surface area (Å²) < 4.78 is 4.97. The van der Waals surface area contributed by atoms with Gasteiger partial charge in [0.05, 0.1) is 13.0 Å². The number of nitrogens with zero attached hydrogens (tertiary/aromatic N) is 1. The topological polar surface area (TPSA) is 75.7 Å². The zero-order valence-electron chi connectivity index (χ0n) is 13.3. The molecule has 2 amide bonds. The second kappa shape index (κ2) is 9.84. The zero-order valence-corrected chi connectivity index (χ0v) is 14.1. The van der Waals surface area contributed by atoms with Crippen LogP contribution in [0.15, 0.2) is 24.3 Å². The van der Waals surface area contributed by atoms with E-state index in [4.69, 9.17) is 16.3 Å². The molecule has 0 saturated carbocycles. The van der Waals surface area contributed by atoms with Gasteiger partial charge in [-0.15, -0.1) is 0 Å². The summed E-state index contributed by atoms with van der Waals surface area (Å²) in [6.45, 7) is 4.00. The van der Waals surface area contributed by atoms with E-state index in [9.17, 15) is 14.4 Å². The van der Waals surface area contributed by atoms with Crippen LogP contribution in [-0.2, 0) is 25.5 Å². The summed E-state index contributed by atoms with van der Waals surface area (Å²) >= 11 is 5.77. The maximum Gasteiger partial charge on any atom is 0.310 e. The number of benzene rings is 1. The molecule has 0 fully saturated rings. The van der Waals surface area contributed by atoms with Crippen molar-refractivity contribution in [1.82, 2.24) is 10.2 Å². The van der Waals surface area contributed by atoms with Gasteiger partial charge < -0.3 is 15.0 Å². The highest BCUT2D eigenvalue weighted by molar-refractivity contribution is 6.30. The van der Waals surface area contributed by atoms with Crippen LogP contribution >= 0.6 is 11.6 Å². The maximum atomic E-state index is 12.0. The van der Waals surface area contributed by atoms with Gasteiger partial charge in [0.15, 0.2) is 6.61 Å². The second-order valence-electron chi connectivity index (χ2n) is 4.83. The number of carbonyl (C=O) groups is 3. The predicted molar refractivity (Wildman–Crippen MR) is 87.1 cm³/mol. The van der Waals surface area contributed by atoms with Crippen LogP contribution in [0, 0.1) is 0 Å². The van der Waals surface area contributed by atoms with E-state index < -0.39 is 11.9 Å². The Labute approximate surface area is 140 Å². The number of likely N-dealkylation sites (N-methyl/N-ethyl adjacent to an activating group) is 2. The first kappa shape index (κ1) is 19.0. The van der Waals surface area contributed by atoms with Gasteiger partial charge in [-0.2, -0.15) is 0 Å². The Hall–Kier alpha value is -2.08. The van der Waals surface area contributed by atoms with Crippen LogP contribution in [0.5, 0.6) is 0 Å². The monoisotopic (exact) mass is 340 g/mol. The van der Waals surface area contributed by atoms with Gasteiger partial charge in [0, 0.05) is 18.1 Å². The first-order valence-electron chi connectivity index (χ1n) is 7.40. The van der Waals surface area contributed by atoms with Crippen molar-refractivity contribution in [3.8, 4) is 0 Å². The fourth-order valence-corrected chi connectivity index (χ4v) is 1.98. The Balaban J connectivity index is 2.42. The molecule has 1 aromatic carbocycles. The van der Waals surface area contributed by atoms with Crippen molar-refractivity contribution in [2.24, 2.45) is 0 Å². The predicted octanol–water partition coefficient (Wildman–Crippen LogP) is 1.41. The van der Waals surface area contributed by atoms with Crippen molar-refractivity contribution in [3.05, 3.63) is 34.9 Å². The Bertz CT molecular complexity index is 546. The maximum absolute atomic E-state index is 12.0. The average molecular weight is 341 g/mol. The summed E-state index contributed by atoms with van der Waals surface area (Å²) in [5.74, 6) is -1.15. The minimum atomic E-state index is -0.505. The Morgan fingerprint density at radius 3 is 2.39 bits per heavy atom. The number of esters is 1. The SMILES string of the molecule is CCNC(=O)CN(CC)C(=O)COC(=O)Cc1ccc(Cl)cc1. The highest BCUT2D eigenvalue weighted by atomic mass is 35.5. The molecule has 0 aliphatic carbocycles. The molecule has 1 N–H and O–H groups in total. The number of halogens is 1. The minimum absolute atomic E-state index is 0.0437. The van der Waals surface area contributed by atoms with Gasteiger partial charge in [-0.1, -0.05) is 23.7 Å². The molecule has 0 atom stereocenters. The normalized spacial score (nSPS) is 10.0. The standard InChI is InChI=1S/C16H21ClN2O4/c1-3-18-14(20)10-19(4-2)15(21)11-23-16(22)9-12-5-7-13(17)8-6-12/h5-8H,3-4,9-11H2,1-2H3,(H,18,20). The van der Waals surface area contributed by atoms with E-state index in [2.05, 4.69) is 5.32 Å². The highest BCUT2D eigenvalue weighted by Crippen LogP contribution is 2.10. The summed E-state index contributed by atoms with van der Waals surface area (Å²) in [6.07, 6.45) is 0.0624. The summed E-state index contributed by atoms with van der Waals surface area (Å²) in [5, 5.41) is 3.20. The van der Waals surface area contributed by atoms with Crippen LogP contribution in [-0.4, -0.2) is 48.9 Å². The van der Waals surface area contributed by atoms with E-state index in [0.717, 1.165) is 5.56 Å². The molecule has 0 unspecified atom stereocenters. The van der Waals surface area contributed by atoms with Crippen LogP contribution in [0.2, 0.25) is 5.02 Å². The van der Waals surface area contributed by atoms with Gasteiger partial charge in [-0.3, -0.25) is 14.4 Å². The molecular formula is C16H21ClN2O4. The van der Waals surface area contributed by atoms with E-state index in [-0.39, 0.29) is 25.5 Å². The van der Waals surface area contributed by atoms with E-state index in [1.165, 1.54) is 4.90 Å². The van der Waals surface area contributed by atoms with Gasteiger partial charge in [0.25, 0.3) is 5.91 Å². The molecule has 0 radical (unpaired) electrons. The fraction of sp³-hybridized carbons (Fsp3) is 0.438. The van der Waals surface area contributed by atoms with E-state index in [1.54, 1.807) is 38.1 Å². The molecule has 1 rings (SSSR count). The van der Waals surface area contributed by atoms with Crippen molar-refractivity contribution < 1.29 is 19.1 Å². The minimum Gasteiger partial charge on any atom is -0.455 e. The molecule has 0 saturated heterocycles. The van der Waals surface area contributed by atoms with E-state index >= 15 is 0 Å². The van der Waals surface area contributed by atoms with Crippen molar-refractivity contribution in [2.45, 2.75) is 20.3 Å². The molecule has 0 aliphatic heterocycles. The third kappa shape index (κ3) is 7.15. The molecule has 0 heterocycles. The lowest BCUT2D eigenvalue weighted by Gasteiger charge is -2.20. The lowest BCUT2D eigenvalue weighted by Crippen LogP contribution is -2.42. The van der Waals surface area contributed by atoms with Crippen LogP contribution in [0.3, 0.4) is 0 Å². The Morgan fingerprint density at radius 2 is 1.83 bits per heavy atom. The van der Waals surface area contributed by atoms with Gasteiger partial charge >= 0.3 is 5.97 Å².